The van der Waals surface area contributed by atoms with Crippen molar-refractivity contribution in [1.82, 2.24) is 0 Å². The minimum Gasteiger partial charge on any atom is -0.497 e. The molecule has 2 rings (SSSR count). The van der Waals surface area contributed by atoms with Crippen LogP contribution in [0.3, 0.4) is 0 Å². The second-order valence-electron chi connectivity index (χ2n) is 4.47. The van der Waals surface area contributed by atoms with Crippen molar-refractivity contribution in [3.8, 4) is 5.75 Å². The summed E-state index contributed by atoms with van der Waals surface area (Å²) in [7, 11) is -0.575. The molecule has 0 fully saturated rings. The van der Waals surface area contributed by atoms with Gasteiger partial charge in [0.15, 0.2) is 0 Å². The molecule has 5 nitrogen and oxygen atoms in total. The first-order chi connectivity index (χ1) is 9.98. The molecule has 2 aromatic rings. The molecule has 0 amide bonds. The Balaban J connectivity index is 2.32. The molecule has 0 aliphatic carbocycles. The lowest BCUT2D eigenvalue weighted by Crippen LogP contribution is -2.26. The van der Waals surface area contributed by atoms with Crippen molar-refractivity contribution in [2.45, 2.75) is 11.5 Å². The van der Waals surface area contributed by atoms with E-state index in [2.05, 4.69) is 0 Å². The minimum atomic E-state index is -3.63. The summed E-state index contributed by atoms with van der Waals surface area (Å²) in [6.45, 7) is -0.116. The largest absolute Gasteiger partial charge is 0.497 e. The Morgan fingerprint density at radius 3 is 2.10 bits per heavy atom. The van der Waals surface area contributed by atoms with Crippen molar-refractivity contribution in [3.05, 3.63) is 54.1 Å². The molecule has 21 heavy (non-hydrogen) atoms. The number of methoxy groups -OCH3 is 1. The third-order valence-electron chi connectivity index (χ3n) is 3.20. The number of ether oxygens (including phenoxy) is 1. The highest BCUT2D eigenvalue weighted by molar-refractivity contribution is 7.92. The Kier molecular flexibility index (Phi) is 4.50. The first-order valence-corrected chi connectivity index (χ1v) is 7.76. The van der Waals surface area contributed by atoms with E-state index in [-0.39, 0.29) is 11.5 Å². The standard InChI is InChI=1S/C15H17NO4S/c1-16(13-5-7-14(20-2)8-6-13)21(18,19)15-9-3-12(11-17)4-10-15/h3-10,17H,11H2,1-2H3. The van der Waals surface area contributed by atoms with Gasteiger partial charge in [0.25, 0.3) is 10.0 Å². The monoisotopic (exact) mass is 307 g/mol. The normalized spacial score (nSPS) is 11.2. The lowest BCUT2D eigenvalue weighted by molar-refractivity contribution is 0.282. The second-order valence-corrected chi connectivity index (χ2v) is 6.44. The van der Waals surface area contributed by atoms with Gasteiger partial charge in [-0.25, -0.2) is 8.42 Å². The molecule has 2 aromatic carbocycles. The summed E-state index contributed by atoms with van der Waals surface area (Å²) in [5, 5.41) is 9.00. The van der Waals surface area contributed by atoms with E-state index in [0.29, 0.717) is 17.0 Å². The molecule has 0 saturated carbocycles. The molecule has 112 valence electrons. The Labute approximate surface area is 124 Å². The zero-order chi connectivity index (χ0) is 15.5. The summed E-state index contributed by atoms with van der Waals surface area (Å²) in [6, 6.07) is 12.9. The van der Waals surface area contributed by atoms with Crippen LogP contribution < -0.4 is 9.04 Å². The number of nitrogens with zero attached hydrogens (tertiary/aromatic N) is 1. The van der Waals surface area contributed by atoms with Crippen molar-refractivity contribution in [2.24, 2.45) is 0 Å². The summed E-state index contributed by atoms with van der Waals surface area (Å²) in [5.74, 6) is 0.664. The highest BCUT2D eigenvalue weighted by Gasteiger charge is 2.21. The van der Waals surface area contributed by atoms with Gasteiger partial charge >= 0.3 is 0 Å². The van der Waals surface area contributed by atoms with E-state index in [1.165, 1.54) is 23.5 Å². The fourth-order valence-electron chi connectivity index (χ4n) is 1.86. The fourth-order valence-corrected chi connectivity index (χ4v) is 3.05. The van der Waals surface area contributed by atoms with E-state index in [1.54, 1.807) is 43.5 Å². The number of benzene rings is 2. The molecular weight excluding hydrogens is 290 g/mol. The highest BCUT2D eigenvalue weighted by Crippen LogP contribution is 2.24. The average Bonchev–Trinajstić information content (AvgIpc) is 2.54. The van der Waals surface area contributed by atoms with Crippen LogP contribution in [0, 0.1) is 0 Å². The number of aliphatic hydroxyl groups excluding tert-OH is 1. The fraction of sp³-hybridized carbons (Fsp3) is 0.200. The van der Waals surface area contributed by atoms with Crippen LogP contribution in [0.2, 0.25) is 0 Å². The van der Waals surface area contributed by atoms with Gasteiger partial charge in [0.1, 0.15) is 5.75 Å². The maximum absolute atomic E-state index is 12.5. The van der Waals surface area contributed by atoms with Crippen molar-refractivity contribution < 1.29 is 18.3 Å². The molecule has 0 aliphatic rings. The second kappa shape index (κ2) is 6.15. The van der Waals surface area contributed by atoms with Gasteiger partial charge in [0.2, 0.25) is 0 Å². The lowest BCUT2D eigenvalue weighted by atomic mass is 10.2. The Hall–Kier alpha value is -2.05. The Morgan fingerprint density at radius 2 is 1.62 bits per heavy atom. The molecule has 1 N–H and O–H groups in total. The van der Waals surface area contributed by atoms with Gasteiger partial charge in [-0.2, -0.15) is 0 Å². The van der Waals surface area contributed by atoms with Gasteiger partial charge in [0, 0.05) is 7.05 Å². The van der Waals surface area contributed by atoms with Gasteiger partial charge in [-0.1, -0.05) is 12.1 Å². The predicted molar refractivity (Wildman–Crippen MR) is 80.9 cm³/mol. The Morgan fingerprint density at radius 1 is 1.05 bits per heavy atom. The third-order valence-corrected chi connectivity index (χ3v) is 5.00. The van der Waals surface area contributed by atoms with Crippen molar-refractivity contribution >= 4 is 15.7 Å². The van der Waals surface area contributed by atoms with E-state index in [4.69, 9.17) is 9.84 Å². The molecule has 0 atom stereocenters. The number of hydrogen-bond acceptors (Lipinski definition) is 4. The summed E-state index contributed by atoms with van der Waals surface area (Å²) < 4.78 is 31.3. The summed E-state index contributed by atoms with van der Waals surface area (Å²) in [6.07, 6.45) is 0. The summed E-state index contributed by atoms with van der Waals surface area (Å²) in [4.78, 5) is 0.179. The number of sulfonamides is 1. The van der Waals surface area contributed by atoms with Crippen molar-refractivity contribution in [1.29, 1.82) is 0 Å². The summed E-state index contributed by atoms with van der Waals surface area (Å²) >= 11 is 0. The number of anilines is 1. The van der Waals surface area contributed by atoms with Crippen LogP contribution >= 0.6 is 0 Å². The van der Waals surface area contributed by atoms with Crippen LogP contribution in [0.4, 0.5) is 5.69 Å². The highest BCUT2D eigenvalue weighted by atomic mass is 32.2. The van der Waals surface area contributed by atoms with E-state index >= 15 is 0 Å². The molecule has 0 aromatic heterocycles. The van der Waals surface area contributed by atoms with Crippen LogP contribution in [-0.2, 0) is 16.6 Å². The Bertz CT molecular complexity index is 693. The molecule has 0 aliphatic heterocycles. The molecule has 0 radical (unpaired) electrons. The van der Waals surface area contributed by atoms with Crippen LogP contribution in [0.1, 0.15) is 5.56 Å². The first kappa shape index (κ1) is 15.3. The van der Waals surface area contributed by atoms with Gasteiger partial charge in [-0.15, -0.1) is 0 Å². The minimum absolute atomic E-state index is 0.116. The van der Waals surface area contributed by atoms with Crippen molar-refractivity contribution in [2.75, 3.05) is 18.5 Å². The smallest absolute Gasteiger partial charge is 0.264 e. The number of aliphatic hydroxyl groups is 1. The molecule has 6 heteroatoms. The third kappa shape index (κ3) is 3.17. The molecule has 0 bridgehead atoms. The molecule has 0 saturated heterocycles. The van der Waals surface area contributed by atoms with E-state index in [9.17, 15) is 8.42 Å². The zero-order valence-corrected chi connectivity index (χ0v) is 12.7. The predicted octanol–water partition coefficient (Wildman–Crippen LogP) is 2.01. The lowest BCUT2D eigenvalue weighted by Gasteiger charge is -2.19. The molecule has 0 spiro atoms. The molecule has 0 unspecified atom stereocenters. The van der Waals surface area contributed by atoms with Gasteiger partial charge in [-0.3, -0.25) is 4.31 Å². The SMILES string of the molecule is COc1ccc(N(C)S(=O)(=O)c2ccc(CO)cc2)cc1. The zero-order valence-electron chi connectivity index (χ0n) is 11.9. The van der Waals surface area contributed by atoms with Crippen LogP contribution in [0.15, 0.2) is 53.4 Å². The quantitative estimate of drug-likeness (QED) is 0.917. The van der Waals surface area contributed by atoms with Gasteiger partial charge in [0.05, 0.1) is 24.3 Å². The molecular formula is C15H17NO4S. The van der Waals surface area contributed by atoms with Crippen molar-refractivity contribution in [3.63, 3.8) is 0 Å². The number of hydrogen-bond donors (Lipinski definition) is 1. The average molecular weight is 307 g/mol. The van der Waals surface area contributed by atoms with Crippen LogP contribution in [0.25, 0.3) is 0 Å². The van der Waals surface area contributed by atoms with Crippen LogP contribution in [0.5, 0.6) is 5.75 Å². The van der Waals surface area contributed by atoms with E-state index < -0.39 is 10.0 Å². The van der Waals surface area contributed by atoms with Gasteiger partial charge in [-0.05, 0) is 42.0 Å². The number of rotatable bonds is 5. The van der Waals surface area contributed by atoms with Crippen LogP contribution in [-0.4, -0.2) is 27.7 Å². The maximum atomic E-state index is 12.5. The first-order valence-electron chi connectivity index (χ1n) is 6.32. The van der Waals surface area contributed by atoms with E-state index in [0.717, 1.165) is 0 Å². The summed E-state index contributed by atoms with van der Waals surface area (Å²) in [5.41, 5.74) is 1.21. The molecule has 0 heterocycles. The topological polar surface area (TPSA) is 66.8 Å². The van der Waals surface area contributed by atoms with Gasteiger partial charge < -0.3 is 9.84 Å². The maximum Gasteiger partial charge on any atom is 0.264 e. The van der Waals surface area contributed by atoms with E-state index in [1.807, 2.05) is 0 Å².